The number of piperidine rings is 1. The molecule has 1 fully saturated rings. The van der Waals surface area contributed by atoms with Gasteiger partial charge in [-0.05, 0) is 49.1 Å². The number of amides is 4. The van der Waals surface area contributed by atoms with E-state index in [1.54, 1.807) is 41.6 Å². The van der Waals surface area contributed by atoms with Crippen molar-refractivity contribution in [3.63, 3.8) is 0 Å². The van der Waals surface area contributed by atoms with Crippen molar-refractivity contribution in [2.45, 2.75) is 32.7 Å². The van der Waals surface area contributed by atoms with Crippen molar-refractivity contribution in [1.29, 1.82) is 0 Å². The van der Waals surface area contributed by atoms with Crippen molar-refractivity contribution in [1.82, 2.24) is 20.1 Å². The molecule has 4 amide bonds. The number of imide groups is 1. The molecule has 0 bridgehead atoms. The first-order chi connectivity index (χ1) is 15.3. The number of rotatable bonds is 5. The van der Waals surface area contributed by atoms with Gasteiger partial charge >= 0.3 is 0 Å². The predicted molar refractivity (Wildman–Crippen MR) is 117 cm³/mol. The van der Waals surface area contributed by atoms with Gasteiger partial charge < -0.3 is 10.2 Å². The Labute approximate surface area is 186 Å². The normalized spacial score (nSPS) is 16.5. The summed E-state index contributed by atoms with van der Waals surface area (Å²) < 4.78 is 0. The second-order valence-electron chi connectivity index (χ2n) is 8.66. The molecule has 0 aliphatic carbocycles. The molecule has 0 spiro atoms. The molecular formula is C24H26N4O4. The highest BCUT2D eigenvalue weighted by molar-refractivity contribution is 6.22. The average molecular weight is 434 g/mol. The Kier molecular flexibility index (Phi) is 6.03. The highest BCUT2D eigenvalue weighted by Crippen LogP contribution is 2.25. The van der Waals surface area contributed by atoms with Gasteiger partial charge in [-0.1, -0.05) is 13.8 Å². The highest BCUT2D eigenvalue weighted by atomic mass is 16.2. The number of pyridine rings is 1. The van der Waals surface area contributed by atoms with Crippen molar-refractivity contribution >= 4 is 23.6 Å². The number of hydrogen-bond acceptors (Lipinski definition) is 5. The summed E-state index contributed by atoms with van der Waals surface area (Å²) in [5, 5.41) is 3.00. The number of hydrogen-bond donors (Lipinski definition) is 1. The van der Waals surface area contributed by atoms with E-state index >= 15 is 0 Å². The van der Waals surface area contributed by atoms with Gasteiger partial charge in [-0.2, -0.15) is 0 Å². The molecule has 166 valence electrons. The van der Waals surface area contributed by atoms with Gasteiger partial charge in [0.05, 0.1) is 16.7 Å². The van der Waals surface area contributed by atoms with Crippen LogP contribution in [0.1, 0.15) is 68.1 Å². The fourth-order valence-corrected chi connectivity index (χ4v) is 4.13. The van der Waals surface area contributed by atoms with Gasteiger partial charge in [-0.25, -0.2) is 0 Å². The zero-order valence-corrected chi connectivity index (χ0v) is 18.2. The largest absolute Gasteiger partial charge is 0.349 e. The lowest BCUT2D eigenvalue weighted by Gasteiger charge is -2.32. The lowest BCUT2D eigenvalue weighted by Crippen LogP contribution is -2.46. The number of aromatic nitrogens is 1. The summed E-state index contributed by atoms with van der Waals surface area (Å²) in [7, 11) is 0. The van der Waals surface area contributed by atoms with Gasteiger partial charge in [0.25, 0.3) is 23.6 Å². The van der Waals surface area contributed by atoms with Crippen LogP contribution < -0.4 is 5.32 Å². The molecule has 1 saturated heterocycles. The fraction of sp³-hybridized carbons (Fsp3) is 0.375. The van der Waals surface area contributed by atoms with Crippen LogP contribution in [0.15, 0.2) is 42.7 Å². The van der Waals surface area contributed by atoms with Gasteiger partial charge in [0, 0.05) is 43.6 Å². The predicted octanol–water partition coefficient (Wildman–Crippen LogP) is 2.37. The number of carbonyl (C=O) groups is 4. The first-order valence-corrected chi connectivity index (χ1v) is 10.9. The van der Waals surface area contributed by atoms with Crippen LogP contribution in [-0.4, -0.2) is 64.1 Å². The summed E-state index contributed by atoms with van der Waals surface area (Å²) >= 11 is 0. The number of fused-ring (bicyclic) bond motifs is 1. The topological polar surface area (TPSA) is 99.7 Å². The van der Waals surface area contributed by atoms with Crippen LogP contribution in [-0.2, 0) is 0 Å². The van der Waals surface area contributed by atoms with Gasteiger partial charge in [0.2, 0.25) is 0 Å². The van der Waals surface area contributed by atoms with Crippen molar-refractivity contribution in [3.05, 3.63) is 65.0 Å². The smallest absolute Gasteiger partial charge is 0.261 e. The van der Waals surface area contributed by atoms with Crippen molar-refractivity contribution in [2.75, 3.05) is 19.6 Å². The second kappa shape index (κ2) is 8.90. The molecule has 0 unspecified atom stereocenters. The minimum Gasteiger partial charge on any atom is -0.349 e. The summed E-state index contributed by atoms with van der Waals surface area (Å²) in [6.07, 6.45) is 4.46. The molecule has 1 aromatic carbocycles. The van der Waals surface area contributed by atoms with E-state index in [2.05, 4.69) is 10.3 Å². The van der Waals surface area contributed by atoms with Crippen LogP contribution in [0.25, 0.3) is 0 Å². The Hall–Kier alpha value is -3.55. The van der Waals surface area contributed by atoms with Crippen LogP contribution in [0, 0.1) is 5.92 Å². The first kappa shape index (κ1) is 21.7. The Bertz CT molecular complexity index is 1060. The molecule has 32 heavy (non-hydrogen) atoms. The summed E-state index contributed by atoms with van der Waals surface area (Å²) in [5.74, 6) is -0.842. The monoisotopic (exact) mass is 434 g/mol. The van der Waals surface area contributed by atoms with Crippen LogP contribution in [0.4, 0.5) is 0 Å². The van der Waals surface area contributed by atoms with Crippen molar-refractivity contribution in [2.24, 2.45) is 5.92 Å². The number of benzene rings is 1. The van der Waals surface area contributed by atoms with Gasteiger partial charge in [-0.15, -0.1) is 0 Å². The van der Waals surface area contributed by atoms with E-state index in [1.165, 1.54) is 11.0 Å². The molecule has 2 aromatic rings. The van der Waals surface area contributed by atoms with E-state index in [1.807, 2.05) is 13.8 Å². The third-order valence-corrected chi connectivity index (χ3v) is 5.81. The van der Waals surface area contributed by atoms with Crippen molar-refractivity contribution in [3.8, 4) is 0 Å². The average Bonchev–Trinajstić information content (AvgIpc) is 3.03. The number of carbonyl (C=O) groups excluding carboxylic acids is 4. The van der Waals surface area contributed by atoms with Crippen LogP contribution in [0.5, 0.6) is 0 Å². The SMILES string of the molecule is CC(C)CN1C(=O)c2ccc(C(=O)NC3CCN(C(=O)c4cccnc4)CC3)cc2C1=O. The molecule has 1 aromatic heterocycles. The lowest BCUT2D eigenvalue weighted by molar-refractivity contribution is 0.0634. The Morgan fingerprint density at radius 3 is 2.44 bits per heavy atom. The maximum absolute atomic E-state index is 12.8. The fourth-order valence-electron chi connectivity index (χ4n) is 4.13. The lowest BCUT2D eigenvalue weighted by atomic mass is 10.0. The van der Waals surface area contributed by atoms with Crippen LogP contribution >= 0.6 is 0 Å². The second-order valence-corrected chi connectivity index (χ2v) is 8.66. The zero-order valence-electron chi connectivity index (χ0n) is 18.2. The molecular weight excluding hydrogens is 408 g/mol. The minimum absolute atomic E-state index is 0.0596. The van der Waals surface area contributed by atoms with E-state index in [9.17, 15) is 19.2 Å². The highest BCUT2D eigenvalue weighted by Gasteiger charge is 2.36. The van der Waals surface area contributed by atoms with E-state index in [-0.39, 0.29) is 41.2 Å². The summed E-state index contributed by atoms with van der Waals surface area (Å²) in [6.45, 7) is 5.32. The number of nitrogens with one attached hydrogen (secondary N) is 1. The number of nitrogens with zero attached hydrogens (tertiary/aromatic N) is 3. The molecule has 0 saturated carbocycles. The number of likely N-dealkylation sites (tertiary alicyclic amines) is 1. The van der Waals surface area contributed by atoms with Crippen LogP contribution in [0.3, 0.4) is 0 Å². The maximum atomic E-state index is 12.8. The molecule has 0 atom stereocenters. The van der Waals surface area contributed by atoms with Gasteiger partial charge in [0.15, 0.2) is 0 Å². The Morgan fingerprint density at radius 1 is 1.06 bits per heavy atom. The van der Waals surface area contributed by atoms with E-state index in [0.717, 1.165) is 0 Å². The molecule has 2 aliphatic rings. The molecule has 3 heterocycles. The zero-order chi connectivity index (χ0) is 22.8. The molecule has 8 heteroatoms. The van der Waals surface area contributed by atoms with Gasteiger partial charge in [0.1, 0.15) is 0 Å². The van der Waals surface area contributed by atoms with Crippen LogP contribution in [0.2, 0.25) is 0 Å². The third kappa shape index (κ3) is 4.26. The maximum Gasteiger partial charge on any atom is 0.261 e. The quantitative estimate of drug-likeness (QED) is 0.729. The molecule has 0 radical (unpaired) electrons. The molecule has 8 nitrogen and oxygen atoms in total. The summed E-state index contributed by atoms with van der Waals surface area (Å²) in [4.78, 5) is 57.5. The van der Waals surface area contributed by atoms with E-state index in [4.69, 9.17) is 0 Å². The Balaban J connectivity index is 1.37. The molecule has 2 aliphatic heterocycles. The van der Waals surface area contributed by atoms with E-state index in [0.29, 0.717) is 49.2 Å². The van der Waals surface area contributed by atoms with E-state index < -0.39 is 0 Å². The molecule has 1 N–H and O–H groups in total. The van der Waals surface area contributed by atoms with Crippen molar-refractivity contribution < 1.29 is 19.2 Å². The minimum atomic E-state index is -0.351. The standard InChI is InChI=1S/C24H26N4O4/c1-15(2)14-28-23(31)19-6-5-16(12-20(19)24(28)32)21(29)26-18-7-10-27(11-8-18)22(30)17-4-3-9-25-13-17/h3-6,9,12-13,15,18H,7-8,10-11,14H2,1-2H3,(H,26,29). The molecule has 4 rings (SSSR count). The Morgan fingerprint density at radius 2 is 1.78 bits per heavy atom. The van der Waals surface area contributed by atoms with Gasteiger partial charge in [-0.3, -0.25) is 29.1 Å². The third-order valence-electron chi connectivity index (χ3n) is 5.81. The summed E-state index contributed by atoms with van der Waals surface area (Å²) in [5.41, 5.74) is 1.53. The summed E-state index contributed by atoms with van der Waals surface area (Å²) in [6, 6.07) is 8.05. The first-order valence-electron chi connectivity index (χ1n) is 10.9.